The molecule has 1 aliphatic rings. The van der Waals surface area contributed by atoms with E-state index in [4.69, 9.17) is 5.73 Å². The highest BCUT2D eigenvalue weighted by molar-refractivity contribution is 6.00. The van der Waals surface area contributed by atoms with E-state index < -0.39 is 11.5 Å². The van der Waals surface area contributed by atoms with Gasteiger partial charge in [0, 0.05) is 0 Å². The molecule has 1 amide bonds. The van der Waals surface area contributed by atoms with Gasteiger partial charge in [-0.3, -0.25) is 4.79 Å². The third kappa shape index (κ3) is 1.59. The zero-order valence-corrected chi connectivity index (χ0v) is 8.50. The molecule has 0 saturated carbocycles. The Morgan fingerprint density at radius 2 is 2.36 bits per heavy atom. The summed E-state index contributed by atoms with van der Waals surface area (Å²) in [6.45, 7) is 2.29. The first-order valence-electron chi connectivity index (χ1n) is 4.65. The maximum Gasteiger partial charge on any atom is 0.329 e. The van der Waals surface area contributed by atoms with Crippen LogP contribution < -0.4 is 11.1 Å². The van der Waals surface area contributed by atoms with E-state index in [2.05, 4.69) is 10.1 Å². The van der Waals surface area contributed by atoms with Crippen LogP contribution in [0.1, 0.15) is 19.8 Å². The summed E-state index contributed by atoms with van der Waals surface area (Å²) in [6.07, 6.45) is 1.35. The zero-order chi connectivity index (χ0) is 10.8. The first-order valence-corrected chi connectivity index (χ1v) is 4.65. The normalized spacial score (nSPS) is 30.5. The van der Waals surface area contributed by atoms with Gasteiger partial charge in [0.1, 0.15) is 6.04 Å². The van der Waals surface area contributed by atoms with Crippen LogP contribution in [0.5, 0.6) is 0 Å². The third-order valence-corrected chi connectivity index (χ3v) is 2.77. The smallest absolute Gasteiger partial charge is 0.329 e. The molecule has 1 rings (SSSR count). The molecule has 3 N–H and O–H groups in total. The van der Waals surface area contributed by atoms with Crippen molar-refractivity contribution in [2.75, 3.05) is 13.7 Å². The lowest BCUT2D eigenvalue weighted by Gasteiger charge is -2.44. The van der Waals surface area contributed by atoms with Crippen molar-refractivity contribution in [3.05, 3.63) is 0 Å². The molecule has 0 radical (unpaired) electrons. The second kappa shape index (κ2) is 3.96. The number of methoxy groups -OCH3 is 1. The van der Waals surface area contributed by atoms with Gasteiger partial charge in [-0.15, -0.1) is 0 Å². The summed E-state index contributed by atoms with van der Waals surface area (Å²) in [5.41, 5.74) is 4.73. The molecule has 5 nitrogen and oxygen atoms in total. The maximum atomic E-state index is 11.3. The van der Waals surface area contributed by atoms with Crippen molar-refractivity contribution in [1.29, 1.82) is 0 Å². The van der Waals surface area contributed by atoms with Gasteiger partial charge in [0.2, 0.25) is 5.91 Å². The average Bonchev–Trinajstić information content (AvgIpc) is 2.21. The molecule has 14 heavy (non-hydrogen) atoms. The van der Waals surface area contributed by atoms with Crippen molar-refractivity contribution in [3.8, 4) is 0 Å². The molecule has 0 bridgehead atoms. The first-order chi connectivity index (χ1) is 6.56. The Kier molecular flexibility index (Phi) is 3.10. The number of esters is 1. The number of amides is 1. The van der Waals surface area contributed by atoms with Gasteiger partial charge in [0.05, 0.1) is 12.5 Å². The molecule has 2 atom stereocenters. The fourth-order valence-electron chi connectivity index (χ4n) is 1.67. The van der Waals surface area contributed by atoms with E-state index in [0.29, 0.717) is 13.0 Å². The van der Waals surface area contributed by atoms with Gasteiger partial charge in [-0.1, -0.05) is 0 Å². The Morgan fingerprint density at radius 1 is 1.71 bits per heavy atom. The molecule has 5 heteroatoms. The summed E-state index contributed by atoms with van der Waals surface area (Å²) >= 11 is 0. The number of β-lactam (4-membered cyclic amide) rings is 1. The van der Waals surface area contributed by atoms with Crippen molar-refractivity contribution in [2.24, 2.45) is 11.1 Å². The first kappa shape index (κ1) is 11.0. The number of nitrogens with one attached hydrogen (secondary N) is 1. The van der Waals surface area contributed by atoms with Crippen LogP contribution in [0.15, 0.2) is 0 Å². The Bertz CT molecular complexity index is 254. The van der Waals surface area contributed by atoms with Crippen LogP contribution >= 0.6 is 0 Å². The van der Waals surface area contributed by atoms with E-state index in [9.17, 15) is 9.59 Å². The zero-order valence-electron chi connectivity index (χ0n) is 8.50. The predicted molar refractivity (Wildman–Crippen MR) is 50.3 cm³/mol. The van der Waals surface area contributed by atoms with E-state index in [0.717, 1.165) is 6.42 Å². The molecule has 0 aromatic carbocycles. The SMILES string of the molecule is COC(=O)[C@H]1NC(=O)[C@]1(C)CCCN. The van der Waals surface area contributed by atoms with E-state index in [1.54, 1.807) is 6.92 Å². The summed E-state index contributed by atoms with van der Waals surface area (Å²) in [5, 5.41) is 2.54. The minimum atomic E-state index is -0.632. The number of carbonyl (C=O) groups is 2. The number of hydrogen-bond donors (Lipinski definition) is 2. The lowest BCUT2D eigenvalue weighted by atomic mass is 9.71. The molecular weight excluding hydrogens is 184 g/mol. The Labute approximate surface area is 83.0 Å². The van der Waals surface area contributed by atoms with E-state index >= 15 is 0 Å². The van der Waals surface area contributed by atoms with Crippen molar-refractivity contribution < 1.29 is 14.3 Å². The molecule has 80 valence electrons. The molecule has 0 aromatic heterocycles. The molecular formula is C9H16N2O3. The van der Waals surface area contributed by atoms with Gasteiger partial charge in [0.25, 0.3) is 0 Å². The summed E-state index contributed by atoms with van der Waals surface area (Å²) < 4.78 is 4.59. The number of carbonyl (C=O) groups excluding carboxylic acids is 2. The molecule has 0 aromatic rings. The van der Waals surface area contributed by atoms with Crippen molar-refractivity contribution >= 4 is 11.9 Å². The van der Waals surface area contributed by atoms with Crippen LogP contribution in [-0.2, 0) is 14.3 Å². The average molecular weight is 200 g/mol. The van der Waals surface area contributed by atoms with Crippen LogP contribution in [0.2, 0.25) is 0 Å². The minimum Gasteiger partial charge on any atom is -0.467 e. The highest BCUT2D eigenvalue weighted by Gasteiger charge is 2.54. The second-order valence-corrected chi connectivity index (χ2v) is 3.74. The highest BCUT2D eigenvalue weighted by Crippen LogP contribution is 2.35. The largest absolute Gasteiger partial charge is 0.467 e. The third-order valence-electron chi connectivity index (χ3n) is 2.77. The monoisotopic (exact) mass is 200 g/mol. The molecule has 0 spiro atoms. The van der Waals surface area contributed by atoms with Crippen molar-refractivity contribution in [3.63, 3.8) is 0 Å². The van der Waals surface area contributed by atoms with Gasteiger partial charge in [-0.2, -0.15) is 0 Å². The lowest BCUT2D eigenvalue weighted by Crippen LogP contribution is -2.69. The van der Waals surface area contributed by atoms with E-state index in [1.807, 2.05) is 0 Å². The van der Waals surface area contributed by atoms with Crippen LogP contribution in [0.25, 0.3) is 0 Å². The number of ether oxygens (including phenoxy) is 1. The van der Waals surface area contributed by atoms with Crippen LogP contribution in [0.4, 0.5) is 0 Å². The molecule has 0 unspecified atom stereocenters. The minimum absolute atomic E-state index is 0.0960. The Morgan fingerprint density at radius 3 is 2.79 bits per heavy atom. The lowest BCUT2D eigenvalue weighted by molar-refractivity contribution is -0.163. The van der Waals surface area contributed by atoms with Crippen LogP contribution in [0, 0.1) is 5.41 Å². The standard InChI is InChI=1S/C9H16N2O3/c1-9(4-3-5-10)6(7(12)14-2)11-8(9)13/h6H,3-5,10H2,1-2H3,(H,11,13)/t6-,9-/m1/s1. The summed E-state index contributed by atoms with van der Waals surface area (Å²) in [4.78, 5) is 22.6. The van der Waals surface area contributed by atoms with Gasteiger partial charge in [-0.25, -0.2) is 4.79 Å². The highest BCUT2D eigenvalue weighted by atomic mass is 16.5. The van der Waals surface area contributed by atoms with Crippen molar-refractivity contribution in [1.82, 2.24) is 5.32 Å². The van der Waals surface area contributed by atoms with Crippen molar-refractivity contribution in [2.45, 2.75) is 25.8 Å². The fraction of sp³-hybridized carbons (Fsp3) is 0.778. The van der Waals surface area contributed by atoms with Gasteiger partial charge < -0.3 is 15.8 Å². The van der Waals surface area contributed by atoms with Crippen LogP contribution in [-0.4, -0.2) is 31.6 Å². The molecule has 1 fully saturated rings. The summed E-state index contributed by atoms with van der Waals surface area (Å²) in [6, 6.07) is -0.508. The maximum absolute atomic E-state index is 11.3. The Hall–Kier alpha value is -1.10. The quantitative estimate of drug-likeness (QED) is 0.469. The topological polar surface area (TPSA) is 81.4 Å². The summed E-state index contributed by atoms with van der Waals surface area (Å²) in [5.74, 6) is -0.481. The molecule has 0 aliphatic carbocycles. The molecule has 1 saturated heterocycles. The van der Waals surface area contributed by atoms with Gasteiger partial charge in [-0.05, 0) is 26.3 Å². The number of rotatable bonds is 4. The van der Waals surface area contributed by atoms with E-state index in [1.165, 1.54) is 7.11 Å². The number of nitrogens with two attached hydrogens (primary N) is 1. The van der Waals surface area contributed by atoms with Gasteiger partial charge in [0.15, 0.2) is 0 Å². The summed E-state index contributed by atoms with van der Waals surface area (Å²) in [7, 11) is 1.32. The van der Waals surface area contributed by atoms with Crippen LogP contribution in [0.3, 0.4) is 0 Å². The second-order valence-electron chi connectivity index (χ2n) is 3.74. The van der Waals surface area contributed by atoms with Gasteiger partial charge >= 0.3 is 5.97 Å². The van der Waals surface area contributed by atoms with E-state index in [-0.39, 0.29) is 11.9 Å². The Balaban J connectivity index is 2.63. The molecule has 1 aliphatic heterocycles. The number of hydrogen-bond acceptors (Lipinski definition) is 4. The predicted octanol–water partition coefficient (Wildman–Crippen LogP) is -0.597. The fourth-order valence-corrected chi connectivity index (χ4v) is 1.67. The molecule has 1 heterocycles.